The first-order valence-electron chi connectivity index (χ1n) is 6.92. The zero-order valence-electron chi connectivity index (χ0n) is 12.1. The van der Waals surface area contributed by atoms with E-state index in [4.69, 9.17) is 16.1 Å². The van der Waals surface area contributed by atoms with Gasteiger partial charge < -0.3 is 9.84 Å². The monoisotopic (exact) mass is 353 g/mol. The van der Waals surface area contributed by atoms with E-state index in [2.05, 4.69) is 15.5 Å². The molecule has 0 aliphatic heterocycles. The number of aromatic nitrogens is 2. The molecule has 0 spiro atoms. The van der Waals surface area contributed by atoms with Crippen LogP contribution in [0.1, 0.15) is 11.5 Å². The maximum absolute atomic E-state index is 12.6. The normalized spacial score (nSPS) is 11.5. The summed E-state index contributed by atoms with van der Waals surface area (Å²) in [4.78, 5) is 4.15. The summed E-state index contributed by atoms with van der Waals surface area (Å²) in [5.74, 6) is 0.518. The van der Waals surface area contributed by atoms with Crippen molar-refractivity contribution in [1.29, 1.82) is 0 Å². The first-order chi connectivity index (χ1) is 11.4. The van der Waals surface area contributed by atoms with Crippen LogP contribution in [0.15, 0.2) is 53.1 Å². The minimum Gasteiger partial charge on any atom is -0.375 e. The third-order valence-electron chi connectivity index (χ3n) is 3.24. The molecule has 124 valence electrons. The number of anilines is 1. The molecule has 0 aliphatic carbocycles. The van der Waals surface area contributed by atoms with Crippen LogP contribution >= 0.6 is 11.6 Å². The van der Waals surface area contributed by atoms with Crippen LogP contribution in [0.3, 0.4) is 0 Å². The molecule has 2 aromatic carbocycles. The second-order valence-electron chi connectivity index (χ2n) is 4.92. The van der Waals surface area contributed by atoms with Crippen LogP contribution in [-0.2, 0) is 12.7 Å². The van der Waals surface area contributed by atoms with Crippen molar-refractivity contribution in [2.24, 2.45) is 0 Å². The van der Waals surface area contributed by atoms with Gasteiger partial charge in [0.15, 0.2) is 0 Å². The summed E-state index contributed by atoms with van der Waals surface area (Å²) >= 11 is 6.02. The summed E-state index contributed by atoms with van der Waals surface area (Å²) in [6.07, 6.45) is -4.38. The van der Waals surface area contributed by atoms with Crippen molar-refractivity contribution in [3.05, 3.63) is 65.0 Å². The maximum atomic E-state index is 12.6. The van der Waals surface area contributed by atoms with Gasteiger partial charge >= 0.3 is 6.18 Å². The van der Waals surface area contributed by atoms with Crippen LogP contribution < -0.4 is 5.32 Å². The molecule has 1 N–H and O–H groups in total. The first kappa shape index (κ1) is 16.3. The highest BCUT2D eigenvalue weighted by atomic mass is 35.5. The molecule has 3 rings (SSSR count). The highest BCUT2D eigenvalue weighted by Gasteiger charge is 2.30. The van der Waals surface area contributed by atoms with Crippen molar-refractivity contribution in [2.75, 3.05) is 5.32 Å². The molecule has 0 radical (unpaired) electrons. The first-order valence-corrected chi connectivity index (χ1v) is 7.30. The quantitative estimate of drug-likeness (QED) is 0.715. The Morgan fingerprint density at radius 2 is 1.75 bits per heavy atom. The van der Waals surface area contributed by atoms with E-state index in [0.717, 1.165) is 12.1 Å². The SMILES string of the molecule is FC(F)(F)c1ccc(-c2noc(CNc3ccccc3Cl)n2)cc1. The molecule has 3 aromatic rings. The fraction of sp³-hybridized carbons (Fsp3) is 0.125. The number of para-hydroxylation sites is 1. The Labute approximate surface area is 140 Å². The van der Waals surface area contributed by atoms with E-state index in [1.54, 1.807) is 12.1 Å². The number of hydrogen-bond donors (Lipinski definition) is 1. The Morgan fingerprint density at radius 1 is 1.04 bits per heavy atom. The number of nitrogens with zero attached hydrogens (tertiary/aromatic N) is 2. The summed E-state index contributed by atoms with van der Waals surface area (Å²) in [6, 6.07) is 11.7. The molecule has 0 unspecified atom stereocenters. The highest BCUT2D eigenvalue weighted by Crippen LogP contribution is 2.30. The van der Waals surface area contributed by atoms with E-state index in [-0.39, 0.29) is 12.4 Å². The Balaban J connectivity index is 1.70. The molecule has 0 atom stereocenters. The van der Waals surface area contributed by atoms with Gasteiger partial charge in [0, 0.05) is 5.56 Å². The lowest BCUT2D eigenvalue weighted by molar-refractivity contribution is -0.137. The lowest BCUT2D eigenvalue weighted by atomic mass is 10.1. The van der Waals surface area contributed by atoms with Gasteiger partial charge in [-0.15, -0.1) is 0 Å². The van der Waals surface area contributed by atoms with Crippen LogP contribution in [-0.4, -0.2) is 10.1 Å². The highest BCUT2D eigenvalue weighted by molar-refractivity contribution is 6.33. The predicted octanol–water partition coefficient (Wildman–Crippen LogP) is 5.02. The van der Waals surface area contributed by atoms with E-state index >= 15 is 0 Å². The number of halogens is 4. The zero-order valence-corrected chi connectivity index (χ0v) is 12.9. The Kier molecular flexibility index (Phi) is 4.44. The molecule has 0 aliphatic rings. The van der Waals surface area contributed by atoms with Gasteiger partial charge in [-0.05, 0) is 24.3 Å². The third kappa shape index (κ3) is 3.68. The number of benzene rings is 2. The average molecular weight is 354 g/mol. The minimum absolute atomic E-state index is 0.222. The van der Waals surface area contributed by atoms with E-state index in [0.29, 0.717) is 22.2 Å². The molecule has 0 fully saturated rings. The summed E-state index contributed by atoms with van der Waals surface area (Å²) in [5, 5.41) is 7.37. The minimum atomic E-state index is -4.38. The summed E-state index contributed by atoms with van der Waals surface area (Å²) in [6.45, 7) is 0.247. The maximum Gasteiger partial charge on any atom is 0.416 e. The molecule has 0 bridgehead atoms. The van der Waals surface area contributed by atoms with E-state index in [1.165, 1.54) is 12.1 Å². The molecule has 4 nitrogen and oxygen atoms in total. The molecular formula is C16H11ClF3N3O. The molecule has 0 amide bonds. The van der Waals surface area contributed by atoms with E-state index < -0.39 is 11.7 Å². The number of alkyl halides is 3. The fourth-order valence-corrected chi connectivity index (χ4v) is 2.23. The number of rotatable bonds is 4. The molecule has 1 aromatic heterocycles. The second kappa shape index (κ2) is 6.52. The van der Waals surface area contributed by atoms with Gasteiger partial charge in [0.25, 0.3) is 0 Å². The molecule has 24 heavy (non-hydrogen) atoms. The lowest BCUT2D eigenvalue weighted by Crippen LogP contribution is -2.04. The summed E-state index contributed by atoms with van der Waals surface area (Å²) in [7, 11) is 0. The van der Waals surface area contributed by atoms with E-state index in [1.807, 2.05) is 12.1 Å². The van der Waals surface area contributed by atoms with Crippen molar-refractivity contribution in [3.63, 3.8) is 0 Å². The lowest BCUT2D eigenvalue weighted by Gasteiger charge is -2.06. The summed E-state index contributed by atoms with van der Waals surface area (Å²) < 4.78 is 42.7. The average Bonchev–Trinajstić information content (AvgIpc) is 3.02. The summed E-state index contributed by atoms with van der Waals surface area (Å²) in [5.41, 5.74) is 0.430. The number of nitrogens with one attached hydrogen (secondary N) is 1. The fourth-order valence-electron chi connectivity index (χ4n) is 2.03. The van der Waals surface area contributed by atoms with Crippen molar-refractivity contribution >= 4 is 17.3 Å². The van der Waals surface area contributed by atoms with Crippen LogP contribution in [0.4, 0.5) is 18.9 Å². The molecular weight excluding hydrogens is 343 g/mol. The predicted molar refractivity (Wildman–Crippen MR) is 83.5 cm³/mol. The largest absolute Gasteiger partial charge is 0.416 e. The van der Waals surface area contributed by atoms with Crippen molar-refractivity contribution in [3.8, 4) is 11.4 Å². The van der Waals surface area contributed by atoms with Gasteiger partial charge in [-0.2, -0.15) is 18.2 Å². The topological polar surface area (TPSA) is 51.0 Å². The van der Waals surface area contributed by atoms with Gasteiger partial charge in [0.1, 0.15) is 0 Å². The third-order valence-corrected chi connectivity index (χ3v) is 3.57. The van der Waals surface area contributed by atoms with Gasteiger partial charge in [-0.1, -0.05) is 41.0 Å². The Hall–Kier alpha value is -2.54. The zero-order chi connectivity index (χ0) is 17.2. The standard InChI is InChI=1S/C16H11ClF3N3O/c17-12-3-1-2-4-13(12)21-9-14-22-15(23-24-14)10-5-7-11(8-6-10)16(18,19)20/h1-8,21H,9H2. The van der Waals surface area contributed by atoms with Crippen molar-refractivity contribution < 1.29 is 17.7 Å². The molecule has 0 saturated carbocycles. The van der Waals surface area contributed by atoms with Gasteiger partial charge in [0.2, 0.25) is 11.7 Å². The molecule has 1 heterocycles. The van der Waals surface area contributed by atoms with Crippen LogP contribution in [0.25, 0.3) is 11.4 Å². The van der Waals surface area contributed by atoms with Gasteiger partial charge in [-0.25, -0.2) is 0 Å². The van der Waals surface area contributed by atoms with Crippen LogP contribution in [0, 0.1) is 0 Å². The van der Waals surface area contributed by atoms with Crippen molar-refractivity contribution in [1.82, 2.24) is 10.1 Å². The van der Waals surface area contributed by atoms with E-state index in [9.17, 15) is 13.2 Å². The van der Waals surface area contributed by atoms with Gasteiger partial charge in [-0.3, -0.25) is 0 Å². The Bertz CT molecular complexity index is 831. The molecule has 0 saturated heterocycles. The van der Waals surface area contributed by atoms with Gasteiger partial charge in [0.05, 0.1) is 22.8 Å². The molecule has 8 heteroatoms. The van der Waals surface area contributed by atoms with Crippen LogP contribution in [0.2, 0.25) is 5.02 Å². The van der Waals surface area contributed by atoms with Crippen LogP contribution in [0.5, 0.6) is 0 Å². The smallest absolute Gasteiger partial charge is 0.375 e. The van der Waals surface area contributed by atoms with Crippen molar-refractivity contribution in [2.45, 2.75) is 12.7 Å². The number of hydrogen-bond acceptors (Lipinski definition) is 4. The second-order valence-corrected chi connectivity index (χ2v) is 5.33. The Morgan fingerprint density at radius 3 is 2.42 bits per heavy atom.